The maximum absolute atomic E-state index is 13.5. The second-order valence-electron chi connectivity index (χ2n) is 4.70. The Labute approximate surface area is 111 Å². The molecule has 0 bridgehead atoms. The SMILES string of the molecule is Cn1ccnc1C(C)(C)Oc1cccc(F)c1C#N. The summed E-state index contributed by atoms with van der Waals surface area (Å²) in [6.45, 7) is 3.64. The summed E-state index contributed by atoms with van der Waals surface area (Å²) in [4.78, 5) is 4.22. The number of benzene rings is 1. The summed E-state index contributed by atoms with van der Waals surface area (Å²) in [5, 5.41) is 8.99. The Kier molecular flexibility index (Phi) is 3.26. The largest absolute Gasteiger partial charge is 0.478 e. The van der Waals surface area contributed by atoms with Crippen LogP contribution < -0.4 is 4.74 Å². The predicted octanol–water partition coefficient (Wildman–Crippen LogP) is 2.74. The van der Waals surface area contributed by atoms with Gasteiger partial charge in [0.25, 0.3) is 0 Å². The van der Waals surface area contributed by atoms with Gasteiger partial charge in [0.1, 0.15) is 23.2 Å². The molecule has 0 N–H and O–H groups in total. The van der Waals surface area contributed by atoms with Gasteiger partial charge in [-0.2, -0.15) is 5.26 Å². The molecule has 0 unspecified atom stereocenters. The van der Waals surface area contributed by atoms with Gasteiger partial charge in [-0.25, -0.2) is 9.37 Å². The molecule has 0 radical (unpaired) electrons. The highest BCUT2D eigenvalue weighted by atomic mass is 19.1. The van der Waals surface area contributed by atoms with E-state index in [0.29, 0.717) is 5.82 Å². The zero-order chi connectivity index (χ0) is 14.0. The van der Waals surface area contributed by atoms with Crippen molar-refractivity contribution in [2.75, 3.05) is 0 Å². The maximum Gasteiger partial charge on any atom is 0.161 e. The fourth-order valence-corrected chi connectivity index (χ4v) is 1.96. The van der Waals surface area contributed by atoms with E-state index in [1.807, 2.05) is 31.5 Å². The van der Waals surface area contributed by atoms with Crippen molar-refractivity contribution < 1.29 is 9.13 Å². The second kappa shape index (κ2) is 4.73. The maximum atomic E-state index is 13.5. The Bertz CT molecular complexity index is 640. The van der Waals surface area contributed by atoms with Crippen molar-refractivity contribution in [3.8, 4) is 11.8 Å². The Morgan fingerprint density at radius 2 is 2.16 bits per heavy atom. The third-order valence-electron chi connectivity index (χ3n) is 2.81. The fourth-order valence-electron chi connectivity index (χ4n) is 1.96. The van der Waals surface area contributed by atoms with E-state index < -0.39 is 11.4 Å². The van der Waals surface area contributed by atoms with E-state index in [1.165, 1.54) is 12.1 Å². The lowest BCUT2D eigenvalue weighted by molar-refractivity contribution is 0.0945. The number of hydrogen-bond donors (Lipinski definition) is 0. The minimum absolute atomic E-state index is 0.0928. The quantitative estimate of drug-likeness (QED) is 0.851. The first-order valence-corrected chi connectivity index (χ1v) is 5.81. The van der Waals surface area contributed by atoms with Crippen molar-refractivity contribution >= 4 is 0 Å². The molecule has 19 heavy (non-hydrogen) atoms. The molecule has 1 heterocycles. The van der Waals surface area contributed by atoms with Crippen molar-refractivity contribution in [1.29, 1.82) is 5.26 Å². The predicted molar refractivity (Wildman–Crippen MR) is 68.0 cm³/mol. The first-order valence-electron chi connectivity index (χ1n) is 5.81. The number of aryl methyl sites for hydroxylation is 1. The van der Waals surface area contributed by atoms with Gasteiger partial charge in [-0.1, -0.05) is 6.07 Å². The molecular formula is C14H14FN3O. The van der Waals surface area contributed by atoms with Crippen molar-refractivity contribution in [2.45, 2.75) is 19.4 Å². The van der Waals surface area contributed by atoms with Crippen LogP contribution in [-0.4, -0.2) is 9.55 Å². The summed E-state index contributed by atoms with van der Waals surface area (Å²) in [6.07, 6.45) is 3.47. The molecule has 0 atom stereocenters. The van der Waals surface area contributed by atoms with E-state index in [4.69, 9.17) is 10.00 Å². The number of aromatic nitrogens is 2. The molecule has 0 saturated carbocycles. The average molecular weight is 259 g/mol. The Hall–Kier alpha value is -2.35. The van der Waals surface area contributed by atoms with Gasteiger partial charge in [0.2, 0.25) is 0 Å². The number of nitriles is 1. The molecule has 0 spiro atoms. The lowest BCUT2D eigenvalue weighted by Crippen LogP contribution is -2.29. The van der Waals surface area contributed by atoms with Crippen LogP contribution in [0.1, 0.15) is 25.2 Å². The minimum Gasteiger partial charge on any atom is -0.478 e. The van der Waals surface area contributed by atoms with Crippen molar-refractivity contribution in [3.05, 3.63) is 47.8 Å². The summed E-state index contributed by atoms with van der Waals surface area (Å²) >= 11 is 0. The van der Waals surface area contributed by atoms with E-state index in [1.54, 1.807) is 18.5 Å². The van der Waals surface area contributed by atoms with Crippen LogP contribution in [0.2, 0.25) is 0 Å². The lowest BCUT2D eigenvalue weighted by atomic mass is 10.1. The summed E-state index contributed by atoms with van der Waals surface area (Å²) in [5.74, 6) is 0.326. The zero-order valence-electron chi connectivity index (χ0n) is 11.0. The van der Waals surface area contributed by atoms with Crippen LogP contribution in [0.5, 0.6) is 5.75 Å². The monoisotopic (exact) mass is 259 g/mol. The molecule has 4 nitrogen and oxygen atoms in total. The topological polar surface area (TPSA) is 50.8 Å². The van der Waals surface area contributed by atoms with Crippen molar-refractivity contribution in [2.24, 2.45) is 7.05 Å². The Balaban J connectivity index is 2.39. The first kappa shape index (κ1) is 13.1. The summed E-state index contributed by atoms with van der Waals surface area (Å²) in [5.41, 5.74) is -0.859. The first-order chi connectivity index (χ1) is 8.95. The zero-order valence-corrected chi connectivity index (χ0v) is 11.0. The number of imidazole rings is 1. The molecule has 1 aromatic heterocycles. The van der Waals surface area contributed by atoms with Crippen LogP contribution in [0.3, 0.4) is 0 Å². The van der Waals surface area contributed by atoms with Gasteiger partial charge in [-0.15, -0.1) is 0 Å². The normalized spacial score (nSPS) is 11.1. The third kappa shape index (κ3) is 2.43. The molecule has 2 aromatic rings. The average Bonchev–Trinajstić information content (AvgIpc) is 2.76. The molecule has 98 valence electrons. The summed E-state index contributed by atoms with van der Waals surface area (Å²) < 4.78 is 21.1. The van der Waals surface area contributed by atoms with Gasteiger partial charge < -0.3 is 9.30 Å². The molecule has 5 heteroatoms. The number of nitrogens with zero attached hydrogens (tertiary/aromatic N) is 3. The van der Waals surface area contributed by atoms with Crippen molar-refractivity contribution in [1.82, 2.24) is 9.55 Å². The van der Waals surface area contributed by atoms with E-state index in [9.17, 15) is 4.39 Å². The molecule has 0 saturated heterocycles. The van der Waals surface area contributed by atoms with E-state index in [0.717, 1.165) is 0 Å². The van der Waals surface area contributed by atoms with E-state index in [2.05, 4.69) is 4.98 Å². The van der Waals surface area contributed by atoms with Gasteiger partial charge in [0, 0.05) is 19.4 Å². The van der Waals surface area contributed by atoms with Crippen LogP contribution in [0.25, 0.3) is 0 Å². The molecule has 1 aromatic carbocycles. The van der Waals surface area contributed by atoms with Gasteiger partial charge in [0.05, 0.1) is 0 Å². The van der Waals surface area contributed by atoms with Gasteiger partial charge in [-0.3, -0.25) is 0 Å². The number of hydrogen-bond acceptors (Lipinski definition) is 3. The molecule has 2 rings (SSSR count). The molecule has 0 amide bonds. The van der Waals surface area contributed by atoms with Crippen LogP contribution in [0.4, 0.5) is 4.39 Å². The van der Waals surface area contributed by atoms with Gasteiger partial charge in [0.15, 0.2) is 11.4 Å². The Morgan fingerprint density at radius 3 is 2.74 bits per heavy atom. The molecule has 0 aliphatic heterocycles. The van der Waals surface area contributed by atoms with Crippen LogP contribution in [0.15, 0.2) is 30.6 Å². The highest BCUT2D eigenvalue weighted by molar-refractivity contribution is 5.44. The third-order valence-corrected chi connectivity index (χ3v) is 2.81. The van der Waals surface area contributed by atoms with Crippen LogP contribution in [0, 0.1) is 17.1 Å². The standard InChI is InChI=1S/C14H14FN3O/c1-14(2,13-17-7-8-18(13)3)19-12-6-4-5-11(15)10(12)9-16/h4-8H,1-3H3. The van der Waals surface area contributed by atoms with E-state index >= 15 is 0 Å². The second-order valence-corrected chi connectivity index (χ2v) is 4.70. The highest BCUT2D eigenvalue weighted by Gasteiger charge is 2.28. The molecular weight excluding hydrogens is 245 g/mol. The Morgan fingerprint density at radius 1 is 1.42 bits per heavy atom. The van der Waals surface area contributed by atoms with Gasteiger partial charge in [-0.05, 0) is 26.0 Å². The smallest absolute Gasteiger partial charge is 0.161 e. The highest BCUT2D eigenvalue weighted by Crippen LogP contribution is 2.29. The fraction of sp³-hybridized carbons (Fsp3) is 0.286. The summed E-state index contributed by atoms with van der Waals surface area (Å²) in [6, 6.07) is 6.14. The van der Waals surface area contributed by atoms with E-state index in [-0.39, 0.29) is 11.3 Å². The molecule has 0 aliphatic rings. The van der Waals surface area contributed by atoms with Gasteiger partial charge >= 0.3 is 0 Å². The number of halogens is 1. The van der Waals surface area contributed by atoms with Crippen molar-refractivity contribution in [3.63, 3.8) is 0 Å². The number of ether oxygens (including phenoxy) is 1. The van der Waals surface area contributed by atoms with Crippen LogP contribution >= 0.6 is 0 Å². The minimum atomic E-state index is -0.766. The van der Waals surface area contributed by atoms with Crippen LogP contribution in [-0.2, 0) is 12.6 Å². The molecule has 0 aliphatic carbocycles. The summed E-state index contributed by atoms with van der Waals surface area (Å²) in [7, 11) is 1.85. The number of rotatable bonds is 3. The lowest BCUT2D eigenvalue weighted by Gasteiger charge is -2.26. The molecule has 0 fully saturated rings.